The molecule has 0 aromatic carbocycles. The summed E-state index contributed by atoms with van der Waals surface area (Å²) in [7, 11) is 3.52. The zero-order chi connectivity index (χ0) is 14.6. The molecule has 0 saturated heterocycles. The van der Waals surface area contributed by atoms with Crippen LogP contribution in [0.1, 0.15) is 25.6 Å². The second kappa shape index (κ2) is 10.4. The molecule has 0 amide bonds. The van der Waals surface area contributed by atoms with Crippen molar-refractivity contribution < 1.29 is 14.2 Å². The second-order valence-electron chi connectivity index (χ2n) is 4.31. The third kappa shape index (κ3) is 6.68. The van der Waals surface area contributed by atoms with Crippen molar-refractivity contribution in [2.45, 2.75) is 26.2 Å². The van der Waals surface area contributed by atoms with Gasteiger partial charge in [-0.3, -0.25) is 0 Å². The summed E-state index contributed by atoms with van der Waals surface area (Å²) in [5.74, 6) is 2.17. The van der Waals surface area contributed by atoms with Crippen LogP contribution in [0.2, 0.25) is 0 Å². The first-order chi connectivity index (χ1) is 9.80. The van der Waals surface area contributed by atoms with Crippen LogP contribution >= 0.6 is 0 Å². The minimum Gasteiger partial charge on any atom is -0.475 e. The molecular weight excluding hydrogens is 258 g/mol. The van der Waals surface area contributed by atoms with Crippen molar-refractivity contribution in [1.29, 1.82) is 0 Å². The van der Waals surface area contributed by atoms with Gasteiger partial charge in [-0.05, 0) is 12.8 Å². The highest BCUT2D eigenvalue weighted by Gasteiger charge is 2.04. The Kier molecular flexibility index (Phi) is 8.66. The maximum absolute atomic E-state index is 5.59. The van der Waals surface area contributed by atoms with Gasteiger partial charge in [-0.15, -0.1) is 0 Å². The molecule has 0 bridgehead atoms. The Morgan fingerprint density at radius 3 is 2.70 bits per heavy atom. The third-order valence-electron chi connectivity index (χ3n) is 2.59. The van der Waals surface area contributed by atoms with Crippen molar-refractivity contribution in [3.63, 3.8) is 0 Å². The molecule has 6 heteroatoms. The van der Waals surface area contributed by atoms with E-state index < -0.39 is 0 Å². The Morgan fingerprint density at radius 2 is 2.00 bits per heavy atom. The van der Waals surface area contributed by atoms with Crippen molar-refractivity contribution in [3.05, 3.63) is 11.9 Å². The highest BCUT2D eigenvalue weighted by molar-refractivity contribution is 5.37. The van der Waals surface area contributed by atoms with Crippen LogP contribution < -0.4 is 10.1 Å². The van der Waals surface area contributed by atoms with E-state index >= 15 is 0 Å². The number of hydrogen-bond acceptors (Lipinski definition) is 6. The van der Waals surface area contributed by atoms with Crippen LogP contribution in [0.25, 0.3) is 0 Å². The van der Waals surface area contributed by atoms with Gasteiger partial charge in [0, 0.05) is 39.9 Å². The van der Waals surface area contributed by atoms with Crippen molar-refractivity contribution >= 4 is 5.82 Å². The maximum Gasteiger partial charge on any atom is 0.218 e. The lowest BCUT2D eigenvalue weighted by molar-refractivity contribution is 0.0795. The van der Waals surface area contributed by atoms with Crippen molar-refractivity contribution in [3.8, 4) is 5.88 Å². The SMILES string of the molecule is CCCc1nc(NC)cc(OCCOCCCOC)n1. The van der Waals surface area contributed by atoms with Gasteiger partial charge >= 0.3 is 0 Å². The van der Waals surface area contributed by atoms with Gasteiger partial charge in [-0.2, -0.15) is 4.98 Å². The van der Waals surface area contributed by atoms with Crippen LogP contribution in [0.5, 0.6) is 5.88 Å². The van der Waals surface area contributed by atoms with Gasteiger partial charge in [0.2, 0.25) is 5.88 Å². The van der Waals surface area contributed by atoms with Gasteiger partial charge in [0.05, 0.1) is 6.61 Å². The van der Waals surface area contributed by atoms with E-state index in [2.05, 4.69) is 22.2 Å². The van der Waals surface area contributed by atoms with Gasteiger partial charge in [0.15, 0.2) is 0 Å². The first kappa shape index (κ1) is 16.7. The molecule has 0 aliphatic rings. The first-order valence-corrected chi connectivity index (χ1v) is 7.05. The van der Waals surface area contributed by atoms with E-state index in [4.69, 9.17) is 14.2 Å². The van der Waals surface area contributed by atoms with Gasteiger partial charge in [0.1, 0.15) is 18.2 Å². The summed E-state index contributed by atoms with van der Waals surface area (Å²) < 4.78 is 16.0. The third-order valence-corrected chi connectivity index (χ3v) is 2.59. The summed E-state index contributed by atoms with van der Waals surface area (Å²) in [5.41, 5.74) is 0. The van der Waals surface area contributed by atoms with Crippen LogP contribution in [0.4, 0.5) is 5.82 Å². The number of hydrogen-bond donors (Lipinski definition) is 1. The molecule has 1 aromatic rings. The van der Waals surface area contributed by atoms with Crippen LogP contribution in [0.15, 0.2) is 6.07 Å². The van der Waals surface area contributed by atoms with Crippen LogP contribution in [0.3, 0.4) is 0 Å². The van der Waals surface area contributed by atoms with E-state index in [1.807, 2.05) is 7.05 Å². The number of nitrogens with one attached hydrogen (secondary N) is 1. The molecule has 1 heterocycles. The highest BCUT2D eigenvalue weighted by Crippen LogP contribution is 2.14. The molecule has 114 valence electrons. The molecule has 0 saturated carbocycles. The molecule has 1 aromatic heterocycles. The van der Waals surface area contributed by atoms with Crippen molar-refractivity contribution in [2.24, 2.45) is 0 Å². The molecule has 0 spiro atoms. The fourth-order valence-corrected chi connectivity index (χ4v) is 1.62. The van der Waals surface area contributed by atoms with E-state index in [0.717, 1.165) is 37.5 Å². The fourth-order valence-electron chi connectivity index (χ4n) is 1.62. The molecule has 20 heavy (non-hydrogen) atoms. The number of rotatable bonds is 11. The first-order valence-electron chi connectivity index (χ1n) is 7.05. The smallest absolute Gasteiger partial charge is 0.218 e. The van der Waals surface area contributed by atoms with E-state index in [9.17, 15) is 0 Å². The van der Waals surface area contributed by atoms with E-state index in [1.54, 1.807) is 13.2 Å². The Balaban J connectivity index is 2.33. The molecule has 0 unspecified atom stereocenters. The summed E-state index contributed by atoms with van der Waals surface area (Å²) >= 11 is 0. The lowest BCUT2D eigenvalue weighted by Gasteiger charge is -2.09. The average Bonchev–Trinajstić information content (AvgIpc) is 2.46. The highest BCUT2D eigenvalue weighted by atomic mass is 16.5. The summed E-state index contributed by atoms with van der Waals surface area (Å²) in [6, 6.07) is 1.80. The average molecular weight is 283 g/mol. The summed E-state index contributed by atoms with van der Waals surface area (Å²) in [6.07, 6.45) is 2.75. The number of methoxy groups -OCH3 is 1. The van der Waals surface area contributed by atoms with Gasteiger partial charge in [-0.1, -0.05) is 6.92 Å². The van der Waals surface area contributed by atoms with Crippen LogP contribution in [-0.4, -0.2) is 50.6 Å². The molecule has 0 radical (unpaired) electrons. The standard InChI is InChI=1S/C14H25N3O3/c1-4-6-12-16-13(15-2)11-14(17-12)20-10-9-19-8-5-7-18-3/h11H,4-10H2,1-3H3,(H,15,16,17). The predicted octanol–water partition coefficient (Wildman–Crippen LogP) is 1.90. The van der Waals surface area contributed by atoms with Crippen LogP contribution in [-0.2, 0) is 15.9 Å². The van der Waals surface area contributed by atoms with Gasteiger partial charge in [0.25, 0.3) is 0 Å². The zero-order valence-corrected chi connectivity index (χ0v) is 12.6. The monoisotopic (exact) mass is 283 g/mol. The van der Waals surface area contributed by atoms with Crippen molar-refractivity contribution in [2.75, 3.05) is 45.9 Å². The van der Waals surface area contributed by atoms with E-state index in [1.165, 1.54) is 0 Å². The van der Waals surface area contributed by atoms with Gasteiger partial charge in [-0.25, -0.2) is 4.98 Å². The number of nitrogens with zero attached hydrogens (tertiary/aromatic N) is 2. The number of aryl methyl sites for hydroxylation is 1. The van der Waals surface area contributed by atoms with Gasteiger partial charge < -0.3 is 19.5 Å². The van der Waals surface area contributed by atoms with E-state index in [-0.39, 0.29) is 0 Å². The largest absolute Gasteiger partial charge is 0.475 e. The van der Waals surface area contributed by atoms with Crippen LogP contribution in [0, 0.1) is 0 Å². The Morgan fingerprint density at radius 1 is 1.15 bits per heavy atom. The minimum atomic E-state index is 0.485. The summed E-state index contributed by atoms with van der Waals surface area (Å²) in [6.45, 7) is 4.54. The van der Waals surface area contributed by atoms with Crippen molar-refractivity contribution in [1.82, 2.24) is 9.97 Å². The summed E-state index contributed by atoms with van der Waals surface area (Å²) in [4.78, 5) is 8.74. The second-order valence-corrected chi connectivity index (χ2v) is 4.31. The zero-order valence-electron chi connectivity index (χ0n) is 12.6. The Bertz CT molecular complexity index is 375. The predicted molar refractivity (Wildman–Crippen MR) is 78.4 cm³/mol. The minimum absolute atomic E-state index is 0.485. The summed E-state index contributed by atoms with van der Waals surface area (Å²) in [5, 5.41) is 3.01. The normalized spacial score (nSPS) is 10.6. The molecule has 6 nitrogen and oxygen atoms in total. The molecule has 0 atom stereocenters. The lowest BCUT2D eigenvalue weighted by Crippen LogP contribution is -2.10. The van der Waals surface area contributed by atoms with E-state index in [0.29, 0.717) is 25.7 Å². The maximum atomic E-state index is 5.59. The number of anilines is 1. The molecule has 0 aliphatic carbocycles. The topological polar surface area (TPSA) is 65.5 Å². The number of ether oxygens (including phenoxy) is 3. The molecule has 1 rings (SSSR count). The number of aromatic nitrogens is 2. The lowest BCUT2D eigenvalue weighted by atomic mass is 10.3. The molecule has 0 aliphatic heterocycles. The Hall–Kier alpha value is -1.40. The molecule has 1 N–H and O–H groups in total. The molecule has 0 fully saturated rings. The fraction of sp³-hybridized carbons (Fsp3) is 0.714. The molecular formula is C14H25N3O3. The Labute approximate surface area is 120 Å². The quantitative estimate of drug-likeness (QED) is 0.626.